The van der Waals surface area contributed by atoms with Crippen LogP contribution in [0, 0.1) is 10.8 Å². The maximum atomic E-state index is 9.82. The van der Waals surface area contributed by atoms with Crippen molar-refractivity contribution < 1.29 is 19.7 Å². The van der Waals surface area contributed by atoms with Crippen LogP contribution in [0.5, 0.6) is 0 Å². The van der Waals surface area contributed by atoms with E-state index in [-0.39, 0.29) is 47.0 Å². The molecule has 0 aromatic heterocycles. The van der Waals surface area contributed by atoms with Crippen molar-refractivity contribution in [1.82, 2.24) is 0 Å². The van der Waals surface area contributed by atoms with E-state index in [1.165, 1.54) is 6.42 Å². The Morgan fingerprint density at radius 3 is 1.46 bits per heavy atom. The molecule has 0 saturated heterocycles. The fourth-order valence-electron chi connectivity index (χ4n) is 6.42. The molecule has 0 amide bonds. The summed E-state index contributed by atoms with van der Waals surface area (Å²) in [6, 6.07) is 0. The first-order valence-corrected chi connectivity index (χ1v) is 9.98. The third kappa shape index (κ3) is 3.74. The van der Waals surface area contributed by atoms with E-state index < -0.39 is 12.2 Å². The second-order valence-electron chi connectivity index (χ2n) is 9.29. The van der Waals surface area contributed by atoms with Crippen molar-refractivity contribution in [2.75, 3.05) is 25.0 Å². The van der Waals surface area contributed by atoms with Gasteiger partial charge >= 0.3 is 0 Å². The molecule has 4 bridgehead atoms. The van der Waals surface area contributed by atoms with Gasteiger partial charge in [0.25, 0.3) is 0 Å². The van der Waals surface area contributed by atoms with Gasteiger partial charge in [0.15, 0.2) is 0 Å². The molecule has 2 unspecified atom stereocenters. The lowest BCUT2D eigenvalue weighted by Crippen LogP contribution is -2.67. The van der Waals surface area contributed by atoms with Crippen molar-refractivity contribution in [3.8, 4) is 0 Å². The molecular formula is C18H30Cl2O4. The first-order valence-electron chi connectivity index (χ1n) is 8.91. The lowest BCUT2D eigenvalue weighted by molar-refractivity contribution is -0.286. The van der Waals surface area contributed by atoms with E-state index in [2.05, 4.69) is 13.8 Å². The molecule has 6 heteroatoms. The fourth-order valence-corrected chi connectivity index (χ4v) is 6.60. The minimum atomic E-state index is -0.629. The zero-order valence-corrected chi connectivity index (χ0v) is 16.2. The van der Waals surface area contributed by atoms with Gasteiger partial charge in [0, 0.05) is 6.42 Å². The summed E-state index contributed by atoms with van der Waals surface area (Å²) < 4.78 is 12.6. The number of aliphatic hydroxyl groups is 2. The van der Waals surface area contributed by atoms with Crippen molar-refractivity contribution in [3.63, 3.8) is 0 Å². The molecule has 140 valence electrons. The van der Waals surface area contributed by atoms with E-state index in [4.69, 9.17) is 32.7 Å². The van der Waals surface area contributed by atoms with Crippen molar-refractivity contribution in [1.29, 1.82) is 0 Å². The molecule has 0 aliphatic heterocycles. The molecule has 0 heterocycles. The summed E-state index contributed by atoms with van der Waals surface area (Å²) in [6.45, 7) is 5.20. The minimum Gasteiger partial charge on any atom is -0.389 e. The highest BCUT2D eigenvalue weighted by Crippen LogP contribution is 2.69. The maximum absolute atomic E-state index is 9.82. The van der Waals surface area contributed by atoms with E-state index >= 15 is 0 Å². The summed E-state index contributed by atoms with van der Waals surface area (Å²) in [5, 5.41) is 19.6. The van der Waals surface area contributed by atoms with Crippen LogP contribution in [-0.4, -0.2) is 58.6 Å². The van der Waals surface area contributed by atoms with Gasteiger partial charge in [0.1, 0.15) is 0 Å². The summed E-state index contributed by atoms with van der Waals surface area (Å²) in [6.07, 6.45) is 4.79. The Kier molecular flexibility index (Phi) is 5.23. The van der Waals surface area contributed by atoms with E-state index in [1.54, 1.807) is 0 Å². The van der Waals surface area contributed by atoms with Crippen LogP contribution in [0.1, 0.15) is 52.4 Å². The third-order valence-corrected chi connectivity index (χ3v) is 6.73. The number of hydrogen-bond donors (Lipinski definition) is 2. The Bertz CT molecular complexity index is 418. The van der Waals surface area contributed by atoms with Gasteiger partial charge in [-0.1, -0.05) is 13.8 Å². The summed E-state index contributed by atoms with van der Waals surface area (Å²) in [7, 11) is 0. The molecule has 4 aliphatic rings. The van der Waals surface area contributed by atoms with Crippen LogP contribution < -0.4 is 0 Å². The zero-order chi connectivity index (χ0) is 17.6. The number of rotatable bonds is 8. The van der Waals surface area contributed by atoms with Crippen LogP contribution in [0.25, 0.3) is 0 Å². The fraction of sp³-hybridized carbons (Fsp3) is 1.00. The molecule has 0 aromatic rings. The molecule has 0 spiro atoms. The van der Waals surface area contributed by atoms with Crippen LogP contribution in [0.3, 0.4) is 0 Å². The molecule has 4 nitrogen and oxygen atoms in total. The number of alkyl halides is 2. The molecule has 4 fully saturated rings. The summed E-state index contributed by atoms with van der Waals surface area (Å²) in [5.74, 6) is 0.377. The van der Waals surface area contributed by atoms with Crippen LogP contribution in [0.15, 0.2) is 0 Å². The van der Waals surface area contributed by atoms with Crippen LogP contribution in [0.2, 0.25) is 0 Å². The van der Waals surface area contributed by atoms with Crippen molar-refractivity contribution in [2.24, 2.45) is 10.8 Å². The molecular weight excluding hydrogens is 351 g/mol. The Hall–Kier alpha value is 0.420. The lowest BCUT2D eigenvalue weighted by atomic mass is 9.42. The number of aliphatic hydroxyl groups excluding tert-OH is 2. The highest BCUT2D eigenvalue weighted by Gasteiger charge is 2.66. The van der Waals surface area contributed by atoms with E-state index in [9.17, 15) is 10.2 Å². The highest BCUT2D eigenvalue weighted by atomic mass is 35.5. The van der Waals surface area contributed by atoms with E-state index in [0.717, 1.165) is 32.1 Å². The first-order chi connectivity index (χ1) is 11.2. The number of halogens is 2. The molecule has 4 rings (SSSR count). The zero-order valence-electron chi connectivity index (χ0n) is 14.7. The van der Waals surface area contributed by atoms with Crippen molar-refractivity contribution in [2.45, 2.75) is 75.8 Å². The standard InChI is InChI=1S/C18H30Cl2O4/c1-15-7-16(2)10-17(8-15,23-5-13(21)3-19)12-18(9-15,11-16)24-6-14(22)4-20/h13-14,21-22H,3-12H2,1-2H3. The maximum Gasteiger partial charge on any atom is 0.0908 e. The Morgan fingerprint density at radius 2 is 1.12 bits per heavy atom. The second-order valence-corrected chi connectivity index (χ2v) is 9.90. The molecule has 0 aromatic carbocycles. The predicted octanol–water partition coefficient (Wildman–Crippen LogP) is 3.09. The quantitative estimate of drug-likeness (QED) is 0.635. The van der Waals surface area contributed by atoms with Gasteiger partial charge in [-0.3, -0.25) is 0 Å². The Labute approximate surface area is 154 Å². The third-order valence-electron chi connectivity index (χ3n) is 6.01. The molecule has 2 N–H and O–H groups in total. The monoisotopic (exact) mass is 380 g/mol. The molecule has 0 radical (unpaired) electrons. The Morgan fingerprint density at radius 1 is 0.750 bits per heavy atom. The summed E-state index contributed by atoms with van der Waals surface area (Å²) in [5.41, 5.74) is -0.142. The van der Waals surface area contributed by atoms with Gasteiger partial charge in [-0.2, -0.15) is 0 Å². The average molecular weight is 381 g/mol. The first kappa shape index (κ1) is 19.2. The normalized spacial score (nSPS) is 46.2. The lowest BCUT2D eigenvalue weighted by Gasteiger charge is -2.68. The molecule has 24 heavy (non-hydrogen) atoms. The minimum absolute atomic E-state index is 0.182. The van der Waals surface area contributed by atoms with Crippen LogP contribution in [0.4, 0.5) is 0 Å². The van der Waals surface area contributed by atoms with Crippen molar-refractivity contribution in [3.05, 3.63) is 0 Å². The second kappa shape index (κ2) is 6.54. The average Bonchev–Trinajstić information content (AvgIpc) is 2.47. The topological polar surface area (TPSA) is 58.9 Å². The van der Waals surface area contributed by atoms with Gasteiger partial charge in [-0.15, -0.1) is 23.2 Å². The van der Waals surface area contributed by atoms with Crippen molar-refractivity contribution >= 4 is 23.2 Å². The van der Waals surface area contributed by atoms with Gasteiger partial charge < -0.3 is 19.7 Å². The summed E-state index contributed by atoms with van der Waals surface area (Å²) >= 11 is 11.5. The van der Waals surface area contributed by atoms with Crippen LogP contribution >= 0.6 is 23.2 Å². The van der Waals surface area contributed by atoms with Gasteiger partial charge in [0.2, 0.25) is 0 Å². The largest absolute Gasteiger partial charge is 0.389 e. The number of ether oxygens (including phenoxy) is 2. The van der Waals surface area contributed by atoms with E-state index in [0.29, 0.717) is 0 Å². The number of hydrogen-bond acceptors (Lipinski definition) is 4. The molecule has 4 aliphatic carbocycles. The highest BCUT2D eigenvalue weighted by molar-refractivity contribution is 6.18. The summed E-state index contributed by atoms with van der Waals surface area (Å²) in [4.78, 5) is 0. The van der Waals surface area contributed by atoms with Crippen LogP contribution in [-0.2, 0) is 9.47 Å². The van der Waals surface area contributed by atoms with Gasteiger partial charge in [-0.05, 0) is 42.9 Å². The molecule has 4 saturated carbocycles. The Balaban J connectivity index is 1.80. The van der Waals surface area contributed by atoms with Gasteiger partial charge in [-0.25, -0.2) is 0 Å². The van der Waals surface area contributed by atoms with Gasteiger partial charge in [0.05, 0.1) is 48.4 Å². The molecule has 2 atom stereocenters. The smallest absolute Gasteiger partial charge is 0.0908 e. The van der Waals surface area contributed by atoms with E-state index in [1.807, 2.05) is 0 Å². The predicted molar refractivity (Wildman–Crippen MR) is 94.7 cm³/mol. The SMILES string of the molecule is CC12CC3(C)CC(OCC(O)CCl)(C1)CC(OCC(O)CCl)(C2)C3.